The van der Waals surface area contributed by atoms with E-state index in [4.69, 9.17) is 4.55 Å². The molecule has 0 aliphatic rings. The largest absolute Gasteiger partial charge is 0.424 e. The van der Waals surface area contributed by atoms with Crippen LogP contribution in [0.3, 0.4) is 0 Å². The molecule has 0 bridgehead atoms. The highest BCUT2D eigenvalue weighted by molar-refractivity contribution is 7.80. The first-order valence-electron chi connectivity index (χ1n) is 5.78. The molecule has 0 heterocycles. The molecule has 0 aliphatic heterocycles. The van der Waals surface area contributed by atoms with Crippen molar-refractivity contribution in [2.75, 3.05) is 0 Å². The third kappa shape index (κ3) is 11.9. The molecule has 5 nitrogen and oxygen atoms in total. The number of hydrogen-bond donors (Lipinski definition) is 1. The minimum Gasteiger partial charge on any atom is -0.262 e. The first-order chi connectivity index (χ1) is 7.45. The highest BCUT2D eigenvalue weighted by atomic mass is 32.3. The fourth-order valence-electron chi connectivity index (χ4n) is 1.38. The maximum atomic E-state index is 10.2. The van der Waals surface area contributed by atoms with Gasteiger partial charge in [0.15, 0.2) is 0 Å². The van der Waals surface area contributed by atoms with E-state index in [1.54, 1.807) is 6.92 Å². The number of rotatable bonds is 10. The van der Waals surface area contributed by atoms with Crippen molar-refractivity contribution in [3.8, 4) is 0 Å². The minimum atomic E-state index is -4.48. The molecule has 6 heteroatoms. The monoisotopic (exact) mass is 254 g/mol. The summed E-state index contributed by atoms with van der Waals surface area (Å²) < 4.78 is 32.5. The summed E-state index contributed by atoms with van der Waals surface area (Å²) in [5.74, 6) is 0. The average molecular weight is 254 g/mol. The van der Waals surface area contributed by atoms with Crippen LogP contribution in [-0.4, -0.2) is 19.1 Å². The first-order valence-corrected chi connectivity index (χ1v) is 7.14. The summed E-state index contributed by atoms with van der Waals surface area (Å²) in [7, 11) is -4.48. The van der Waals surface area contributed by atoms with Gasteiger partial charge >= 0.3 is 10.4 Å². The zero-order valence-electron chi connectivity index (χ0n) is 10.0. The van der Waals surface area contributed by atoms with Crippen LogP contribution in [0.1, 0.15) is 58.8 Å². The van der Waals surface area contributed by atoms with Crippen LogP contribution >= 0.6 is 0 Å². The Morgan fingerprint density at radius 3 is 2.25 bits per heavy atom. The second-order valence-electron chi connectivity index (χ2n) is 3.96. The zero-order valence-corrected chi connectivity index (χ0v) is 10.8. The van der Waals surface area contributed by atoms with Gasteiger partial charge in [0.25, 0.3) is 0 Å². The topological polar surface area (TPSA) is 72.8 Å². The van der Waals surface area contributed by atoms with Crippen molar-refractivity contribution in [3.05, 3.63) is 0 Å². The normalized spacial score (nSPS) is 13.9. The molecular weight excluding hydrogens is 232 g/mol. The zero-order chi connectivity index (χ0) is 12.4. The summed E-state index contributed by atoms with van der Waals surface area (Å²) in [5.41, 5.74) is 0. The Bertz CT molecular complexity index is 250. The minimum absolute atomic E-state index is 0.326. The lowest BCUT2D eigenvalue weighted by Gasteiger charge is -2.09. The maximum absolute atomic E-state index is 10.2. The Labute approximate surface area is 98.0 Å². The van der Waals surface area contributed by atoms with Crippen LogP contribution < -0.4 is 0 Å². The van der Waals surface area contributed by atoms with Crippen LogP contribution in [0, 0.1) is 0 Å². The molecule has 1 unspecified atom stereocenters. The van der Waals surface area contributed by atoms with Crippen LogP contribution in [0.4, 0.5) is 0 Å². The predicted molar refractivity (Wildman–Crippen MR) is 61.2 cm³/mol. The highest BCUT2D eigenvalue weighted by Crippen LogP contribution is 2.10. The van der Waals surface area contributed by atoms with Crippen LogP contribution in [0.15, 0.2) is 0 Å². The van der Waals surface area contributed by atoms with Crippen molar-refractivity contribution >= 4 is 10.4 Å². The van der Waals surface area contributed by atoms with E-state index < -0.39 is 10.4 Å². The van der Waals surface area contributed by atoms with Crippen molar-refractivity contribution in [3.63, 3.8) is 0 Å². The Morgan fingerprint density at radius 2 is 1.69 bits per heavy atom. The highest BCUT2D eigenvalue weighted by Gasteiger charge is 2.10. The van der Waals surface area contributed by atoms with Gasteiger partial charge in [-0.3, -0.25) is 4.55 Å². The molecule has 16 heavy (non-hydrogen) atoms. The molecule has 0 saturated heterocycles. The number of hydrogen-bond acceptors (Lipinski definition) is 4. The van der Waals surface area contributed by atoms with Gasteiger partial charge in [-0.15, -0.1) is 0 Å². The van der Waals surface area contributed by atoms with E-state index >= 15 is 0 Å². The fraction of sp³-hybridized carbons (Fsp3) is 1.00. The van der Waals surface area contributed by atoms with Crippen LogP contribution in [0.5, 0.6) is 0 Å². The third-order valence-electron chi connectivity index (χ3n) is 2.25. The third-order valence-corrected chi connectivity index (χ3v) is 2.50. The van der Waals surface area contributed by atoms with E-state index in [0.29, 0.717) is 0 Å². The standard InChI is InChI=1S/C10H22O5S/c1-3-4-5-6-7-8-9-10(2)14-15-16(11,12)13/h10H,3-9H2,1-2H3,(H,11,12,13). The molecular formula is C10H22O5S. The van der Waals surface area contributed by atoms with Gasteiger partial charge in [-0.1, -0.05) is 49.8 Å². The first kappa shape index (κ1) is 15.8. The molecule has 1 N–H and O–H groups in total. The number of unbranched alkanes of at least 4 members (excludes halogenated alkanes) is 5. The molecule has 0 fully saturated rings. The quantitative estimate of drug-likeness (QED) is 0.281. The summed E-state index contributed by atoms with van der Waals surface area (Å²) in [6.07, 6.45) is 7.40. The maximum Gasteiger partial charge on any atom is 0.424 e. The van der Waals surface area contributed by atoms with E-state index in [-0.39, 0.29) is 6.10 Å². The van der Waals surface area contributed by atoms with Gasteiger partial charge in [-0.25, -0.2) is 4.89 Å². The second-order valence-corrected chi connectivity index (χ2v) is 4.95. The summed E-state index contributed by atoms with van der Waals surface area (Å²) in [5, 5.41) is 0. The van der Waals surface area contributed by atoms with Gasteiger partial charge in [0.1, 0.15) is 0 Å². The SMILES string of the molecule is CCCCCCCCC(C)OOS(=O)(=O)O. The van der Waals surface area contributed by atoms with E-state index in [9.17, 15) is 8.42 Å². The van der Waals surface area contributed by atoms with Gasteiger partial charge in [0, 0.05) is 0 Å². The lowest BCUT2D eigenvalue weighted by atomic mass is 10.1. The van der Waals surface area contributed by atoms with E-state index in [2.05, 4.69) is 16.1 Å². The van der Waals surface area contributed by atoms with Crippen molar-refractivity contribution in [1.82, 2.24) is 0 Å². The molecule has 0 saturated carbocycles. The lowest BCUT2D eigenvalue weighted by Crippen LogP contribution is -2.13. The van der Waals surface area contributed by atoms with Crippen molar-refractivity contribution in [2.24, 2.45) is 0 Å². The summed E-state index contributed by atoms with van der Waals surface area (Å²) in [6, 6.07) is 0. The average Bonchev–Trinajstić information content (AvgIpc) is 2.19. The van der Waals surface area contributed by atoms with E-state index in [1.165, 1.54) is 25.7 Å². The molecule has 0 aromatic carbocycles. The molecule has 0 aromatic heterocycles. The molecule has 98 valence electrons. The predicted octanol–water partition coefficient (Wildman–Crippen LogP) is 2.88. The Balaban J connectivity index is 3.34. The second kappa shape index (κ2) is 8.92. The molecule has 0 aliphatic carbocycles. The molecule has 0 radical (unpaired) electrons. The van der Waals surface area contributed by atoms with Gasteiger partial charge < -0.3 is 0 Å². The fourth-order valence-corrected chi connectivity index (χ4v) is 1.61. The molecule has 0 spiro atoms. The molecule has 0 rings (SSSR count). The lowest BCUT2D eigenvalue weighted by molar-refractivity contribution is -0.242. The summed E-state index contributed by atoms with van der Waals surface area (Å²) in [6.45, 7) is 3.87. The van der Waals surface area contributed by atoms with Gasteiger partial charge in [0.2, 0.25) is 0 Å². The Morgan fingerprint density at radius 1 is 1.12 bits per heavy atom. The Hall–Kier alpha value is -0.170. The molecule has 0 aromatic rings. The van der Waals surface area contributed by atoms with Crippen LogP contribution in [0.25, 0.3) is 0 Å². The van der Waals surface area contributed by atoms with Crippen molar-refractivity contribution < 1.29 is 22.2 Å². The smallest absolute Gasteiger partial charge is 0.262 e. The van der Waals surface area contributed by atoms with Gasteiger partial charge in [-0.2, -0.15) is 8.42 Å². The summed E-state index contributed by atoms with van der Waals surface area (Å²) in [4.78, 5) is 4.50. The Kier molecular flexibility index (Phi) is 8.83. The molecule has 0 amide bonds. The van der Waals surface area contributed by atoms with Gasteiger partial charge in [-0.05, 0) is 13.3 Å². The van der Waals surface area contributed by atoms with Crippen LogP contribution in [-0.2, 0) is 19.6 Å². The van der Waals surface area contributed by atoms with Crippen molar-refractivity contribution in [1.29, 1.82) is 0 Å². The van der Waals surface area contributed by atoms with E-state index in [0.717, 1.165) is 19.3 Å². The van der Waals surface area contributed by atoms with E-state index in [1.807, 2.05) is 0 Å². The van der Waals surface area contributed by atoms with Gasteiger partial charge in [0.05, 0.1) is 6.10 Å². The summed E-state index contributed by atoms with van der Waals surface area (Å²) >= 11 is 0. The van der Waals surface area contributed by atoms with Crippen molar-refractivity contribution in [2.45, 2.75) is 64.9 Å². The molecule has 1 atom stereocenters. The van der Waals surface area contributed by atoms with Crippen LogP contribution in [0.2, 0.25) is 0 Å².